The predicted octanol–water partition coefficient (Wildman–Crippen LogP) is 3.08. The molecule has 0 saturated heterocycles. The van der Waals surface area contributed by atoms with Gasteiger partial charge >= 0.3 is 0 Å². The molecular weight excluding hydrogens is 210 g/mol. The molecule has 84 valence electrons. The molecule has 0 saturated carbocycles. The van der Waals surface area contributed by atoms with Crippen molar-refractivity contribution in [3.05, 3.63) is 46.0 Å². The molecule has 0 bridgehead atoms. The number of fused-ring (bicyclic) bond motifs is 3. The number of carbonyl (C=O) groups excluding carboxylic acids is 1. The number of amides is 1. The van der Waals surface area contributed by atoms with Crippen LogP contribution in [0.25, 0.3) is 11.6 Å². The molecule has 1 amide bonds. The van der Waals surface area contributed by atoms with Gasteiger partial charge in [-0.3, -0.25) is 4.79 Å². The third-order valence-electron chi connectivity index (χ3n) is 3.38. The highest BCUT2D eigenvalue weighted by molar-refractivity contribution is 6.27. The molecule has 0 unspecified atom stereocenters. The molecule has 1 heterocycles. The first-order valence-electron chi connectivity index (χ1n) is 5.72. The van der Waals surface area contributed by atoms with E-state index in [9.17, 15) is 4.79 Å². The van der Waals surface area contributed by atoms with E-state index in [1.54, 1.807) is 0 Å². The molecule has 2 aliphatic rings. The number of nitrogens with zero attached hydrogens (tertiary/aromatic N) is 1. The van der Waals surface area contributed by atoms with Crippen molar-refractivity contribution in [1.29, 1.82) is 0 Å². The molecule has 0 radical (unpaired) electrons. The van der Waals surface area contributed by atoms with E-state index in [0.29, 0.717) is 0 Å². The zero-order valence-electron chi connectivity index (χ0n) is 10.2. The van der Waals surface area contributed by atoms with Gasteiger partial charge < -0.3 is 0 Å². The van der Waals surface area contributed by atoms with Crippen molar-refractivity contribution in [2.45, 2.75) is 20.8 Å². The average Bonchev–Trinajstić information content (AvgIpc) is 2.64. The van der Waals surface area contributed by atoms with Gasteiger partial charge in [-0.2, -0.15) is 0 Å². The minimum absolute atomic E-state index is 0.116. The highest BCUT2D eigenvalue weighted by atomic mass is 16.1. The molecule has 1 aliphatic heterocycles. The van der Waals surface area contributed by atoms with Crippen molar-refractivity contribution in [2.24, 2.45) is 4.99 Å². The van der Waals surface area contributed by atoms with Crippen LogP contribution in [-0.4, -0.2) is 11.6 Å². The Morgan fingerprint density at radius 2 is 1.65 bits per heavy atom. The molecule has 17 heavy (non-hydrogen) atoms. The van der Waals surface area contributed by atoms with Gasteiger partial charge in [-0.25, -0.2) is 4.99 Å². The van der Waals surface area contributed by atoms with Crippen molar-refractivity contribution >= 4 is 23.3 Å². The predicted molar refractivity (Wildman–Crippen MR) is 70.0 cm³/mol. The minimum atomic E-state index is -0.116. The number of hydrogen-bond acceptors (Lipinski definition) is 1. The van der Waals surface area contributed by atoms with Crippen molar-refractivity contribution < 1.29 is 4.79 Å². The maximum absolute atomic E-state index is 11.9. The number of allylic oxidation sites excluding steroid dienone is 1. The topological polar surface area (TPSA) is 29.4 Å². The summed E-state index contributed by atoms with van der Waals surface area (Å²) >= 11 is 0. The summed E-state index contributed by atoms with van der Waals surface area (Å²) < 4.78 is 0. The van der Waals surface area contributed by atoms with Crippen LogP contribution in [-0.2, 0) is 4.79 Å². The van der Waals surface area contributed by atoms with Crippen molar-refractivity contribution in [1.82, 2.24) is 0 Å². The van der Waals surface area contributed by atoms with E-state index in [-0.39, 0.29) is 5.91 Å². The number of dihydropyridines is 1. The van der Waals surface area contributed by atoms with Gasteiger partial charge in [0.2, 0.25) is 0 Å². The van der Waals surface area contributed by atoms with E-state index in [1.807, 2.05) is 19.1 Å². The number of rotatable bonds is 0. The Labute approximate surface area is 100 Å². The summed E-state index contributed by atoms with van der Waals surface area (Å²) in [7, 11) is 0. The van der Waals surface area contributed by atoms with E-state index >= 15 is 0 Å². The lowest BCUT2D eigenvalue weighted by molar-refractivity contribution is -0.113. The fourth-order valence-electron chi connectivity index (χ4n) is 2.52. The van der Waals surface area contributed by atoms with E-state index < -0.39 is 0 Å². The maximum Gasteiger partial charge on any atom is 0.277 e. The number of hydrogen-bond donors (Lipinski definition) is 0. The summed E-state index contributed by atoms with van der Waals surface area (Å²) in [6.45, 7) is 6.03. The fraction of sp³-hybridized carbons (Fsp3) is 0.200. The van der Waals surface area contributed by atoms with E-state index in [0.717, 1.165) is 16.9 Å². The van der Waals surface area contributed by atoms with Gasteiger partial charge in [0.1, 0.15) is 0 Å². The first-order valence-corrected chi connectivity index (χ1v) is 5.72. The van der Waals surface area contributed by atoms with Crippen LogP contribution in [0.1, 0.15) is 29.2 Å². The monoisotopic (exact) mass is 223 g/mol. The van der Waals surface area contributed by atoms with Crippen LogP contribution in [0, 0.1) is 13.8 Å². The molecule has 3 rings (SSSR count). The summed E-state index contributed by atoms with van der Waals surface area (Å²) in [5.41, 5.74) is 7.36. The lowest BCUT2D eigenvalue weighted by Crippen LogP contribution is -2.08. The highest BCUT2D eigenvalue weighted by Crippen LogP contribution is 2.40. The first-order chi connectivity index (χ1) is 8.08. The summed E-state index contributed by atoms with van der Waals surface area (Å²) in [5, 5.41) is 0. The van der Waals surface area contributed by atoms with Crippen LogP contribution in [0.5, 0.6) is 0 Å². The van der Waals surface area contributed by atoms with E-state index in [4.69, 9.17) is 0 Å². The average molecular weight is 223 g/mol. The molecule has 0 atom stereocenters. The van der Waals surface area contributed by atoms with Crippen LogP contribution in [0.4, 0.5) is 0 Å². The SMILES string of the molecule is CC1=NC(=O)C2=Cc3c(C)ccc(C)c3C2=C1. The molecule has 2 nitrogen and oxygen atoms in total. The van der Waals surface area contributed by atoms with Crippen LogP contribution < -0.4 is 0 Å². The third-order valence-corrected chi connectivity index (χ3v) is 3.38. The Bertz CT molecular complexity index is 645. The summed E-state index contributed by atoms with van der Waals surface area (Å²) in [6, 6.07) is 4.21. The van der Waals surface area contributed by atoms with Gasteiger partial charge in [-0.05, 0) is 60.8 Å². The Kier molecular flexibility index (Phi) is 1.96. The number of benzene rings is 1. The van der Waals surface area contributed by atoms with E-state index in [1.165, 1.54) is 22.3 Å². The number of carbonyl (C=O) groups is 1. The van der Waals surface area contributed by atoms with Crippen LogP contribution in [0.2, 0.25) is 0 Å². The Morgan fingerprint density at radius 3 is 2.41 bits per heavy atom. The molecular formula is C15H13NO. The Balaban J connectivity index is 2.34. The van der Waals surface area contributed by atoms with Crippen molar-refractivity contribution in [3.8, 4) is 0 Å². The first kappa shape index (κ1) is 10.2. The van der Waals surface area contributed by atoms with Crippen LogP contribution in [0.15, 0.2) is 28.8 Å². The minimum Gasteiger partial charge on any atom is -0.267 e. The number of aryl methyl sites for hydroxylation is 2. The quantitative estimate of drug-likeness (QED) is 0.664. The van der Waals surface area contributed by atoms with Gasteiger partial charge in [0.05, 0.1) is 5.57 Å². The second-order valence-electron chi connectivity index (χ2n) is 4.66. The molecule has 1 aromatic rings. The van der Waals surface area contributed by atoms with Crippen LogP contribution >= 0.6 is 0 Å². The van der Waals surface area contributed by atoms with Gasteiger partial charge in [-0.1, -0.05) is 12.1 Å². The zero-order valence-corrected chi connectivity index (χ0v) is 10.2. The number of aliphatic imine (C=N–C) groups is 1. The Morgan fingerprint density at radius 1 is 0.941 bits per heavy atom. The maximum atomic E-state index is 11.9. The summed E-state index contributed by atoms with van der Waals surface area (Å²) in [5.74, 6) is -0.116. The molecule has 1 aromatic carbocycles. The largest absolute Gasteiger partial charge is 0.277 e. The fourth-order valence-corrected chi connectivity index (χ4v) is 2.52. The molecule has 0 aromatic heterocycles. The van der Waals surface area contributed by atoms with E-state index in [2.05, 4.69) is 31.0 Å². The molecule has 0 fully saturated rings. The molecule has 0 N–H and O–H groups in total. The van der Waals surface area contributed by atoms with Gasteiger partial charge in [0.15, 0.2) is 0 Å². The third kappa shape index (κ3) is 1.34. The van der Waals surface area contributed by atoms with Crippen molar-refractivity contribution in [2.75, 3.05) is 0 Å². The smallest absolute Gasteiger partial charge is 0.267 e. The lowest BCUT2D eigenvalue weighted by atomic mass is 9.93. The van der Waals surface area contributed by atoms with Gasteiger partial charge in [-0.15, -0.1) is 0 Å². The normalized spacial score (nSPS) is 17.1. The highest BCUT2D eigenvalue weighted by Gasteiger charge is 2.28. The summed E-state index contributed by atoms with van der Waals surface area (Å²) in [4.78, 5) is 15.9. The molecule has 1 aliphatic carbocycles. The summed E-state index contributed by atoms with van der Waals surface area (Å²) in [6.07, 6.45) is 3.98. The second-order valence-corrected chi connectivity index (χ2v) is 4.66. The zero-order chi connectivity index (χ0) is 12.2. The standard InChI is InChI=1S/C15H13NO/c1-8-4-5-9(2)14-11(8)7-13-12(14)6-10(3)16-15(13)17/h4-7H,1-3H3. The van der Waals surface area contributed by atoms with Gasteiger partial charge in [0, 0.05) is 5.71 Å². The van der Waals surface area contributed by atoms with Gasteiger partial charge in [0.25, 0.3) is 5.91 Å². The Hall–Kier alpha value is -1.96. The van der Waals surface area contributed by atoms with Crippen LogP contribution in [0.3, 0.4) is 0 Å². The van der Waals surface area contributed by atoms with Crippen molar-refractivity contribution in [3.63, 3.8) is 0 Å². The second kappa shape index (κ2) is 3.27. The molecule has 2 heteroatoms. The molecule has 0 spiro atoms. The lowest BCUT2D eigenvalue weighted by Gasteiger charge is -2.12.